The zero-order valence-electron chi connectivity index (χ0n) is 14.1. The van der Waals surface area contributed by atoms with Crippen molar-refractivity contribution < 1.29 is 9.84 Å². The number of thioether (sulfide) groups is 1. The maximum absolute atomic E-state index is 10.1. The van der Waals surface area contributed by atoms with Crippen LogP contribution in [0.1, 0.15) is 0 Å². The third-order valence-corrected chi connectivity index (χ3v) is 4.55. The first kappa shape index (κ1) is 18.0. The van der Waals surface area contributed by atoms with Crippen LogP contribution in [0.3, 0.4) is 0 Å². The predicted molar refractivity (Wildman–Crippen MR) is 105 cm³/mol. The lowest BCUT2D eigenvalue weighted by Gasteiger charge is -2.12. The van der Waals surface area contributed by atoms with Crippen LogP contribution >= 0.6 is 11.8 Å². The third kappa shape index (κ3) is 5.11. The van der Waals surface area contributed by atoms with Gasteiger partial charge in [0.25, 0.3) is 0 Å². The molecule has 26 heavy (non-hydrogen) atoms. The molecule has 0 saturated heterocycles. The lowest BCUT2D eigenvalue weighted by Crippen LogP contribution is -2.20. The summed E-state index contributed by atoms with van der Waals surface area (Å²) in [5.41, 5.74) is 13.5. The number of nitrogens with zero attached hydrogens (tertiary/aromatic N) is 2. The molecule has 0 unspecified atom stereocenters. The highest BCUT2D eigenvalue weighted by molar-refractivity contribution is 7.99. The van der Waals surface area contributed by atoms with Crippen molar-refractivity contribution in [2.75, 3.05) is 23.8 Å². The highest BCUT2D eigenvalue weighted by atomic mass is 32.2. The number of anilines is 2. The van der Waals surface area contributed by atoms with Crippen molar-refractivity contribution in [1.82, 2.24) is 9.97 Å². The van der Waals surface area contributed by atoms with Crippen molar-refractivity contribution in [2.24, 2.45) is 0 Å². The quantitative estimate of drug-likeness (QED) is 0.435. The fourth-order valence-electron chi connectivity index (χ4n) is 2.31. The SMILES string of the molecule is Nc1cc(N)nc(SC[C@@H](O)COc2ccc(-c3ccccc3)cc2)n1. The van der Waals surface area contributed by atoms with Crippen molar-refractivity contribution in [3.63, 3.8) is 0 Å². The minimum Gasteiger partial charge on any atom is -0.491 e. The summed E-state index contributed by atoms with van der Waals surface area (Å²) in [6.45, 7) is 0.176. The summed E-state index contributed by atoms with van der Waals surface area (Å²) >= 11 is 1.28. The average molecular weight is 368 g/mol. The van der Waals surface area contributed by atoms with Crippen LogP contribution in [-0.4, -0.2) is 33.5 Å². The largest absolute Gasteiger partial charge is 0.491 e. The second-order valence-corrected chi connectivity index (χ2v) is 6.65. The van der Waals surface area contributed by atoms with Gasteiger partial charge in [-0.2, -0.15) is 0 Å². The zero-order chi connectivity index (χ0) is 18.4. The van der Waals surface area contributed by atoms with E-state index in [9.17, 15) is 5.11 Å². The van der Waals surface area contributed by atoms with Gasteiger partial charge in [0.2, 0.25) is 0 Å². The van der Waals surface area contributed by atoms with Crippen molar-refractivity contribution in [1.29, 1.82) is 0 Å². The molecule has 0 fully saturated rings. The van der Waals surface area contributed by atoms with Gasteiger partial charge in [-0.25, -0.2) is 9.97 Å². The first-order valence-corrected chi connectivity index (χ1v) is 9.08. The Hall–Kier alpha value is -2.77. The van der Waals surface area contributed by atoms with E-state index in [2.05, 4.69) is 22.1 Å². The molecule has 0 spiro atoms. The van der Waals surface area contributed by atoms with E-state index in [-0.39, 0.29) is 6.61 Å². The van der Waals surface area contributed by atoms with Crippen LogP contribution in [0.25, 0.3) is 11.1 Å². The summed E-state index contributed by atoms with van der Waals surface area (Å²) in [6.07, 6.45) is -0.667. The Bertz CT molecular complexity index is 824. The van der Waals surface area contributed by atoms with E-state index in [0.717, 1.165) is 11.1 Å². The molecule has 6 nitrogen and oxygen atoms in total. The monoisotopic (exact) mass is 368 g/mol. The minimum atomic E-state index is -0.667. The molecule has 0 saturated carbocycles. The normalized spacial score (nSPS) is 11.9. The first-order chi connectivity index (χ1) is 12.6. The fraction of sp³-hybridized carbons (Fsp3) is 0.158. The van der Waals surface area contributed by atoms with E-state index in [1.165, 1.54) is 17.8 Å². The number of benzene rings is 2. The molecular weight excluding hydrogens is 348 g/mol. The molecule has 0 aliphatic heterocycles. The molecule has 2 aromatic carbocycles. The summed E-state index contributed by atoms with van der Waals surface area (Å²) < 4.78 is 5.64. The number of ether oxygens (including phenoxy) is 1. The molecule has 3 rings (SSSR count). The standard InChI is InChI=1S/C19H20N4O2S/c20-17-10-18(21)23-19(22-17)26-12-15(24)11-25-16-8-6-14(7-9-16)13-4-2-1-3-5-13/h1-10,15,24H,11-12H2,(H4,20,21,22,23)/t15-/m0/s1. The number of hydrogen-bond donors (Lipinski definition) is 3. The topological polar surface area (TPSA) is 107 Å². The van der Waals surface area contributed by atoms with Crippen molar-refractivity contribution in [3.8, 4) is 16.9 Å². The average Bonchev–Trinajstić information content (AvgIpc) is 2.65. The molecule has 0 bridgehead atoms. The van der Waals surface area contributed by atoms with E-state index in [1.807, 2.05) is 42.5 Å². The summed E-state index contributed by atoms with van der Waals surface area (Å²) in [5.74, 6) is 1.71. The number of aliphatic hydroxyl groups excluding tert-OH is 1. The number of hydrogen-bond acceptors (Lipinski definition) is 7. The lowest BCUT2D eigenvalue weighted by atomic mass is 10.1. The maximum Gasteiger partial charge on any atom is 0.191 e. The van der Waals surface area contributed by atoms with Crippen LogP contribution in [0.15, 0.2) is 65.8 Å². The molecule has 1 aromatic heterocycles. The first-order valence-electron chi connectivity index (χ1n) is 8.09. The molecule has 1 heterocycles. The van der Waals surface area contributed by atoms with Crippen LogP contribution in [0, 0.1) is 0 Å². The van der Waals surface area contributed by atoms with Gasteiger partial charge in [0.15, 0.2) is 5.16 Å². The summed E-state index contributed by atoms with van der Waals surface area (Å²) in [7, 11) is 0. The van der Waals surface area contributed by atoms with E-state index in [4.69, 9.17) is 16.2 Å². The molecule has 7 heteroatoms. The van der Waals surface area contributed by atoms with Gasteiger partial charge in [-0.3, -0.25) is 0 Å². The maximum atomic E-state index is 10.1. The Labute approximate surface area is 156 Å². The van der Waals surface area contributed by atoms with Crippen LogP contribution in [-0.2, 0) is 0 Å². The molecule has 134 valence electrons. The van der Waals surface area contributed by atoms with E-state index < -0.39 is 6.10 Å². The second-order valence-electron chi connectivity index (χ2n) is 5.67. The molecular formula is C19H20N4O2S. The zero-order valence-corrected chi connectivity index (χ0v) is 14.9. The highest BCUT2D eigenvalue weighted by Gasteiger charge is 2.09. The van der Waals surface area contributed by atoms with Crippen LogP contribution < -0.4 is 16.2 Å². The van der Waals surface area contributed by atoms with Gasteiger partial charge in [-0.1, -0.05) is 54.2 Å². The van der Waals surface area contributed by atoms with Gasteiger partial charge in [0.1, 0.15) is 24.0 Å². The Morgan fingerprint density at radius 1 is 0.923 bits per heavy atom. The Morgan fingerprint density at radius 2 is 1.54 bits per heavy atom. The van der Waals surface area contributed by atoms with Gasteiger partial charge in [0.05, 0.1) is 6.10 Å². The molecule has 1 atom stereocenters. The number of aromatic nitrogens is 2. The van der Waals surface area contributed by atoms with Crippen LogP contribution in [0.4, 0.5) is 11.6 Å². The van der Waals surface area contributed by atoms with Crippen molar-refractivity contribution in [2.45, 2.75) is 11.3 Å². The number of aliphatic hydroxyl groups is 1. The Balaban J connectivity index is 1.49. The number of nitrogens with two attached hydrogens (primary N) is 2. The molecule has 0 aliphatic rings. The molecule has 5 N–H and O–H groups in total. The molecule has 0 amide bonds. The molecule has 0 aliphatic carbocycles. The van der Waals surface area contributed by atoms with E-state index in [0.29, 0.717) is 28.3 Å². The highest BCUT2D eigenvalue weighted by Crippen LogP contribution is 2.22. The van der Waals surface area contributed by atoms with Crippen molar-refractivity contribution >= 4 is 23.4 Å². The number of nitrogen functional groups attached to an aromatic ring is 2. The smallest absolute Gasteiger partial charge is 0.191 e. The van der Waals surface area contributed by atoms with Gasteiger partial charge in [-0.05, 0) is 23.3 Å². The van der Waals surface area contributed by atoms with Crippen LogP contribution in [0.2, 0.25) is 0 Å². The summed E-state index contributed by atoms with van der Waals surface area (Å²) in [6, 6.07) is 19.4. The summed E-state index contributed by atoms with van der Waals surface area (Å²) in [5, 5.41) is 10.5. The third-order valence-electron chi connectivity index (χ3n) is 3.55. The molecule has 3 aromatic rings. The summed E-state index contributed by atoms with van der Waals surface area (Å²) in [4.78, 5) is 8.12. The van der Waals surface area contributed by atoms with Gasteiger partial charge < -0.3 is 21.3 Å². The minimum absolute atomic E-state index is 0.176. The second kappa shape index (κ2) is 8.55. The lowest BCUT2D eigenvalue weighted by molar-refractivity contribution is 0.126. The van der Waals surface area contributed by atoms with Gasteiger partial charge >= 0.3 is 0 Å². The Morgan fingerprint density at radius 3 is 2.19 bits per heavy atom. The van der Waals surface area contributed by atoms with E-state index >= 15 is 0 Å². The van der Waals surface area contributed by atoms with Crippen molar-refractivity contribution in [3.05, 3.63) is 60.7 Å². The number of rotatable bonds is 7. The predicted octanol–water partition coefficient (Wildman–Crippen LogP) is 2.84. The van der Waals surface area contributed by atoms with Gasteiger partial charge in [0, 0.05) is 11.8 Å². The van der Waals surface area contributed by atoms with Gasteiger partial charge in [-0.15, -0.1) is 0 Å². The molecule has 0 radical (unpaired) electrons. The Kier molecular flexibility index (Phi) is 5.93. The van der Waals surface area contributed by atoms with Crippen LogP contribution in [0.5, 0.6) is 5.75 Å². The fourth-order valence-corrected chi connectivity index (χ4v) is 3.09. The van der Waals surface area contributed by atoms with E-state index in [1.54, 1.807) is 0 Å².